The van der Waals surface area contributed by atoms with Gasteiger partial charge in [-0.05, 0) is 52.2 Å². The predicted molar refractivity (Wildman–Crippen MR) is 176 cm³/mol. The monoisotopic (exact) mass is 570 g/mol. The molecule has 0 aliphatic heterocycles. The van der Waals surface area contributed by atoms with Crippen LogP contribution in [0.5, 0.6) is 0 Å². The Morgan fingerprint density at radius 3 is 1.93 bits per heavy atom. The molecule has 1 heterocycles. The van der Waals surface area contributed by atoms with Crippen LogP contribution in [0, 0.1) is 0 Å². The van der Waals surface area contributed by atoms with Crippen LogP contribution in [0.2, 0.25) is 0 Å². The van der Waals surface area contributed by atoms with E-state index in [1.807, 2.05) is 72.8 Å². The summed E-state index contributed by atoms with van der Waals surface area (Å²) in [6.07, 6.45) is 12.2. The Bertz CT molecular complexity index is 1500. The summed E-state index contributed by atoms with van der Waals surface area (Å²) >= 11 is 0. The fourth-order valence-electron chi connectivity index (χ4n) is 4.28. The number of aromatic nitrogens is 1. The molecule has 0 aliphatic rings. The summed E-state index contributed by atoms with van der Waals surface area (Å²) in [4.78, 5) is 13.9. The van der Waals surface area contributed by atoms with Crippen LogP contribution in [0.25, 0.3) is 0 Å². The highest BCUT2D eigenvalue weighted by Crippen LogP contribution is 2.20. The Balaban J connectivity index is 1.32. The largest absolute Gasteiger partial charge is 0.405 e. The maximum Gasteiger partial charge on any atom is 0.0983 e. The summed E-state index contributed by atoms with van der Waals surface area (Å²) in [5.41, 5.74) is 11.3. The highest BCUT2D eigenvalue weighted by molar-refractivity contribution is 5.81. The molecule has 0 unspecified atom stereocenters. The average molecular weight is 571 g/mol. The number of nitrogens with two attached hydrogens (primary N) is 1. The lowest BCUT2D eigenvalue weighted by Gasteiger charge is -2.15. The van der Waals surface area contributed by atoms with Gasteiger partial charge in [0, 0.05) is 18.6 Å². The Morgan fingerprint density at radius 2 is 1.35 bits per heavy atom. The van der Waals surface area contributed by atoms with Crippen LogP contribution in [0.3, 0.4) is 0 Å². The zero-order valence-electron chi connectivity index (χ0n) is 24.3. The van der Waals surface area contributed by atoms with Gasteiger partial charge in [-0.1, -0.05) is 110 Å². The normalized spacial score (nSPS) is 13.3. The van der Waals surface area contributed by atoms with Crippen molar-refractivity contribution < 1.29 is 9.47 Å². The first kappa shape index (κ1) is 31.0. The minimum Gasteiger partial charge on any atom is -0.405 e. The van der Waals surface area contributed by atoms with Crippen molar-refractivity contribution >= 4 is 12.4 Å². The zero-order valence-corrected chi connectivity index (χ0v) is 24.3. The molecule has 0 saturated carbocycles. The number of aliphatic imine (C=N–C) groups is 2. The standard InChI is InChI=1S/C37H38N4O2/c1-30(13-8-10-21-38)24-40-36(33-16-4-2-5-17-33)28-42-26-31-14-12-15-32(23-31)27-43-29-37(34-18-6-3-7-19-34)41-25-35-20-9-11-22-39-35/h2-25,36-37H,1,26-29,38H2/b13-8-,21-10-,40-24+,41-25+/t36-,37-/m0/s1. The first-order chi connectivity index (χ1) is 21.2. The van der Waals surface area contributed by atoms with Gasteiger partial charge in [0.25, 0.3) is 0 Å². The van der Waals surface area contributed by atoms with Crippen LogP contribution >= 0.6 is 0 Å². The number of rotatable bonds is 16. The Labute approximate surface area is 254 Å². The quantitative estimate of drug-likeness (QED) is 0.113. The van der Waals surface area contributed by atoms with Crippen molar-refractivity contribution in [2.75, 3.05) is 13.2 Å². The molecule has 3 aromatic carbocycles. The Morgan fingerprint density at radius 1 is 0.744 bits per heavy atom. The van der Waals surface area contributed by atoms with E-state index < -0.39 is 0 Å². The molecule has 0 saturated heterocycles. The fourth-order valence-corrected chi connectivity index (χ4v) is 4.28. The molecule has 6 heteroatoms. The molecule has 1 aromatic heterocycles. The SMILES string of the molecule is C=C(/C=C\C=C/N)/C=N/[C@@H](COCc1cccc(COC[C@H](/N=C/c2ccccn2)c2ccccc2)c1)c1ccccc1. The van der Waals surface area contributed by atoms with Gasteiger partial charge in [0.1, 0.15) is 0 Å². The second kappa shape index (κ2) is 17.8. The van der Waals surface area contributed by atoms with Crippen molar-refractivity contribution in [2.45, 2.75) is 25.3 Å². The Kier molecular flexibility index (Phi) is 12.9. The number of benzene rings is 3. The maximum atomic E-state index is 6.15. The highest BCUT2D eigenvalue weighted by atomic mass is 16.5. The zero-order chi connectivity index (χ0) is 30.0. The van der Waals surface area contributed by atoms with Crippen molar-refractivity contribution in [3.63, 3.8) is 0 Å². The van der Waals surface area contributed by atoms with E-state index in [-0.39, 0.29) is 12.1 Å². The molecule has 6 nitrogen and oxygen atoms in total. The summed E-state index contributed by atoms with van der Waals surface area (Å²) in [6, 6.07) is 34.1. The van der Waals surface area contributed by atoms with Gasteiger partial charge < -0.3 is 15.2 Å². The summed E-state index contributed by atoms with van der Waals surface area (Å²) in [6.45, 7) is 5.87. The van der Waals surface area contributed by atoms with Gasteiger partial charge in [-0.25, -0.2) is 0 Å². The first-order valence-electron chi connectivity index (χ1n) is 14.3. The molecule has 0 radical (unpaired) electrons. The molecule has 2 atom stereocenters. The van der Waals surface area contributed by atoms with E-state index in [2.05, 4.69) is 54.0 Å². The van der Waals surface area contributed by atoms with E-state index in [1.54, 1.807) is 24.7 Å². The molecule has 0 spiro atoms. The van der Waals surface area contributed by atoms with E-state index in [4.69, 9.17) is 25.2 Å². The maximum absolute atomic E-state index is 6.15. The predicted octanol–water partition coefficient (Wildman–Crippen LogP) is 7.37. The third-order valence-corrected chi connectivity index (χ3v) is 6.48. The first-order valence-corrected chi connectivity index (χ1v) is 14.3. The van der Waals surface area contributed by atoms with Crippen molar-refractivity contribution in [1.82, 2.24) is 4.98 Å². The molecule has 0 bridgehead atoms. The van der Waals surface area contributed by atoms with Crippen LogP contribution in [0.1, 0.15) is 40.0 Å². The number of ether oxygens (including phenoxy) is 2. The number of hydrogen-bond acceptors (Lipinski definition) is 6. The second-order valence-corrected chi connectivity index (χ2v) is 9.83. The lowest BCUT2D eigenvalue weighted by Crippen LogP contribution is -2.08. The molecule has 4 rings (SSSR count). The summed E-state index contributed by atoms with van der Waals surface area (Å²) in [5.74, 6) is 0. The van der Waals surface area contributed by atoms with E-state index in [9.17, 15) is 0 Å². The second-order valence-electron chi connectivity index (χ2n) is 9.83. The van der Waals surface area contributed by atoms with Crippen LogP contribution in [-0.2, 0) is 22.7 Å². The van der Waals surface area contributed by atoms with E-state index >= 15 is 0 Å². The topological polar surface area (TPSA) is 82.1 Å². The Hall–Kier alpha value is -4.91. The van der Waals surface area contributed by atoms with E-state index in [0.717, 1.165) is 33.5 Å². The third-order valence-electron chi connectivity index (χ3n) is 6.48. The summed E-state index contributed by atoms with van der Waals surface area (Å²) in [5, 5.41) is 0. The van der Waals surface area contributed by atoms with Gasteiger partial charge in [-0.2, -0.15) is 0 Å². The fraction of sp³-hybridized carbons (Fsp3) is 0.162. The van der Waals surface area contributed by atoms with Crippen LogP contribution in [0.4, 0.5) is 0 Å². The summed E-state index contributed by atoms with van der Waals surface area (Å²) < 4.78 is 12.3. The summed E-state index contributed by atoms with van der Waals surface area (Å²) in [7, 11) is 0. The highest BCUT2D eigenvalue weighted by Gasteiger charge is 2.11. The van der Waals surface area contributed by atoms with Gasteiger partial charge in [0.15, 0.2) is 0 Å². The van der Waals surface area contributed by atoms with Crippen molar-refractivity contribution in [2.24, 2.45) is 15.7 Å². The van der Waals surface area contributed by atoms with Gasteiger partial charge in [-0.3, -0.25) is 15.0 Å². The minimum atomic E-state index is -0.149. The lowest BCUT2D eigenvalue weighted by molar-refractivity contribution is 0.105. The molecule has 218 valence electrons. The molecule has 0 fully saturated rings. The van der Waals surface area contributed by atoms with Crippen LogP contribution < -0.4 is 5.73 Å². The van der Waals surface area contributed by atoms with Crippen molar-refractivity contribution in [3.05, 3.63) is 174 Å². The molecule has 4 aromatic rings. The van der Waals surface area contributed by atoms with Gasteiger partial charge in [0.05, 0.1) is 44.2 Å². The number of pyridine rings is 1. The molecule has 0 aliphatic carbocycles. The van der Waals surface area contributed by atoms with Crippen LogP contribution in [0.15, 0.2) is 156 Å². The minimum absolute atomic E-state index is 0.131. The number of allylic oxidation sites excluding steroid dienone is 4. The third kappa shape index (κ3) is 11.1. The van der Waals surface area contributed by atoms with E-state index in [0.29, 0.717) is 26.4 Å². The van der Waals surface area contributed by atoms with Crippen molar-refractivity contribution in [1.29, 1.82) is 0 Å². The molecule has 2 N–H and O–H groups in total. The average Bonchev–Trinajstić information content (AvgIpc) is 3.06. The molecule has 0 amide bonds. The molecular weight excluding hydrogens is 532 g/mol. The number of hydrogen-bond donors (Lipinski definition) is 1. The van der Waals surface area contributed by atoms with Gasteiger partial charge >= 0.3 is 0 Å². The lowest BCUT2D eigenvalue weighted by atomic mass is 10.1. The molecule has 43 heavy (non-hydrogen) atoms. The van der Waals surface area contributed by atoms with Crippen molar-refractivity contribution in [3.8, 4) is 0 Å². The van der Waals surface area contributed by atoms with Gasteiger partial charge in [-0.15, -0.1) is 0 Å². The van der Waals surface area contributed by atoms with E-state index in [1.165, 1.54) is 6.20 Å². The number of nitrogens with zero attached hydrogens (tertiary/aromatic N) is 3. The van der Waals surface area contributed by atoms with Gasteiger partial charge in [0.2, 0.25) is 0 Å². The van der Waals surface area contributed by atoms with Crippen LogP contribution in [-0.4, -0.2) is 30.6 Å². The molecular formula is C37H38N4O2. The smallest absolute Gasteiger partial charge is 0.0983 e.